The first-order chi connectivity index (χ1) is 16.1. The van der Waals surface area contributed by atoms with Crippen LogP contribution in [0, 0.1) is 13.8 Å². The molecule has 0 saturated heterocycles. The Bertz CT molecular complexity index is 1410. The first-order valence-electron chi connectivity index (χ1n) is 10.8. The third-order valence-corrected chi connectivity index (χ3v) is 5.90. The summed E-state index contributed by atoms with van der Waals surface area (Å²) in [5.74, 6) is 1.06. The molecule has 34 heavy (non-hydrogen) atoms. The highest BCUT2D eigenvalue weighted by atomic mass is 79.9. The molecule has 2 aromatic heterocycles. The van der Waals surface area contributed by atoms with Crippen LogP contribution in [0.25, 0.3) is 16.9 Å². The van der Waals surface area contributed by atoms with E-state index in [-0.39, 0.29) is 15.9 Å². The zero-order chi connectivity index (χ0) is 24.5. The summed E-state index contributed by atoms with van der Waals surface area (Å²) < 4.78 is 7.63. The summed E-state index contributed by atoms with van der Waals surface area (Å²) in [4.78, 5) is 26.4. The van der Waals surface area contributed by atoms with Gasteiger partial charge in [0.15, 0.2) is 5.82 Å². The minimum absolute atomic E-state index is 0.252. The second kappa shape index (κ2) is 9.48. The lowest BCUT2D eigenvalue weighted by Gasteiger charge is -2.16. The fourth-order valence-electron chi connectivity index (χ4n) is 3.55. The van der Waals surface area contributed by atoms with Crippen LogP contribution < -0.4 is 10.3 Å². The van der Waals surface area contributed by atoms with E-state index in [1.165, 1.54) is 4.57 Å². The molecule has 0 saturated carbocycles. The first-order valence-corrected chi connectivity index (χ1v) is 11.6. The summed E-state index contributed by atoms with van der Waals surface area (Å²) in [6, 6.07) is 17.2. The molecular formula is C26H25BrN4O3. The van der Waals surface area contributed by atoms with Crippen molar-refractivity contribution >= 4 is 15.9 Å². The third-order valence-electron chi connectivity index (χ3n) is 5.23. The lowest BCUT2D eigenvalue weighted by molar-refractivity contribution is 0.0688. The molecule has 1 N–H and O–H groups in total. The minimum atomic E-state index is -1.16. The number of benzene rings is 2. The molecule has 4 rings (SSSR count). The second-order valence-corrected chi connectivity index (χ2v) is 9.36. The number of aryl methyl sites for hydroxylation is 2. The number of nitrogens with zero attached hydrogens (tertiary/aromatic N) is 4. The largest absolute Gasteiger partial charge is 0.472 e. The number of hydrogen-bond donors (Lipinski definition) is 1. The van der Waals surface area contributed by atoms with Gasteiger partial charge in [0.2, 0.25) is 5.88 Å². The van der Waals surface area contributed by atoms with Crippen molar-refractivity contribution in [3.05, 3.63) is 98.4 Å². The molecule has 0 fully saturated rings. The van der Waals surface area contributed by atoms with Crippen LogP contribution in [0.1, 0.15) is 36.6 Å². The molecule has 0 aliphatic carbocycles. The van der Waals surface area contributed by atoms with E-state index in [1.54, 1.807) is 33.0 Å². The number of ether oxygens (including phenoxy) is 1. The van der Waals surface area contributed by atoms with Gasteiger partial charge in [-0.1, -0.05) is 42.0 Å². The molecule has 0 amide bonds. The quantitative estimate of drug-likeness (QED) is 0.389. The summed E-state index contributed by atoms with van der Waals surface area (Å²) in [5.41, 5.74) is 2.77. The van der Waals surface area contributed by atoms with Crippen molar-refractivity contribution in [2.75, 3.05) is 0 Å². The van der Waals surface area contributed by atoms with Crippen LogP contribution in [-0.4, -0.2) is 24.6 Å². The molecule has 2 aromatic carbocycles. The Hall–Kier alpha value is -3.36. The topological polar surface area (TPSA) is 90.1 Å². The summed E-state index contributed by atoms with van der Waals surface area (Å²) in [6.07, 6.45) is 1.61. The van der Waals surface area contributed by atoms with E-state index in [4.69, 9.17) is 4.74 Å². The maximum atomic E-state index is 13.2. The third kappa shape index (κ3) is 5.08. The first kappa shape index (κ1) is 23.8. The Balaban J connectivity index is 1.68. The van der Waals surface area contributed by atoms with Gasteiger partial charge in [-0.05, 0) is 67.4 Å². The van der Waals surface area contributed by atoms with Crippen LogP contribution >= 0.6 is 15.9 Å². The highest BCUT2D eigenvalue weighted by Gasteiger charge is 2.20. The minimum Gasteiger partial charge on any atom is -0.472 e. The Morgan fingerprint density at radius 3 is 2.56 bits per heavy atom. The number of hydrogen-bond acceptors (Lipinski definition) is 6. The van der Waals surface area contributed by atoms with E-state index in [0.717, 1.165) is 16.7 Å². The van der Waals surface area contributed by atoms with Gasteiger partial charge in [-0.25, -0.2) is 9.97 Å². The van der Waals surface area contributed by atoms with E-state index in [2.05, 4.69) is 30.9 Å². The van der Waals surface area contributed by atoms with Gasteiger partial charge in [0.25, 0.3) is 5.56 Å². The molecule has 0 aliphatic rings. The van der Waals surface area contributed by atoms with Crippen LogP contribution in [0.15, 0.2) is 70.1 Å². The number of rotatable bonds is 6. The lowest BCUT2D eigenvalue weighted by Crippen LogP contribution is -2.24. The van der Waals surface area contributed by atoms with Crippen LogP contribution in [0.3, 0.4) is 0 Å². The fraction of sp³-hybridized carbons (Fsp3) is 0.231. The predicted octanol–water partition coefficient (Wildman–Crippen LogP) is 4.88. The van der Waals surface area contributed by atoms with E-state index in [9.17, 15) is 9.90 Å². The summed E-state index contributed by atoms with van der Waals surface area (Å²) in [7, 11) is 0. The molecule has 0 bridgehead atoms. The van der Waals surface area contributed by atoms with Gasteiger partial charge in [0, 0.05) is 11.8 Å². The molecule has 0 atom stereocenters. The van der Waals surface area contributed by atoms with Gasteiger partial charge >= 0.3 is 0 Å². The van der Waals surface area contributed by atoms with Crippen molar-refractivity contribution in [1.82, 2.24) is 19.5 Å². The normalized spacial score (nSPS) is 11.5. The summed E-state index contributed by atoms with van der Waals surface area (Å²) in [5, 5.41) is 10.3. The average molecular weight is 521 g/mol. The Labute approximate surface area is 206 Å². The average Bonchev–Trinajstić information content (AvgIpc) is 2.80. The number of aliphatic hydroxyl groups is 1. The van der Waals surface area contributed by atoms with Gasteiger partial charge in [0.1, 0.15) is 22.5 Å². The zero-order valence-electron chi connectivity index (χ0n) is 19.4. The van der Waals surface area contributed by atoms with Crippen molar-refractivity contribution in [3.8, 4) is 22.8 Å². The van der Waals surface area contributed by atoms with Gasteiger partial charge < -0.3 is 9.84 Å². The maximum absolute atomic E-state index is 13.2. The molecule has 0 aliphatic heterocycles. The van der Waals surface area contributed by atoms with Gasteiger partial charge in [0.05, 0.1) is 11.4 Å². The molecule has 0 unspecified atom stereocenters. The van der Waals surface area contributed by atoms with Gasteiger partial charge in [-0.15, -0.1) is 0 Å². The van der Waals surface area contributed by atoms with Crippen molar-refractivity contribution in [3.63, 3.8) is 0 Å². The Kier molecular flexibility index (Phi) is 6.63. The molecule has 7 nitrogen and oxygen atoms in total. The van der Waals surface area contributed by atoms with E-state index in [1.807, 2.05) is 55.5 Å². The summed E-state index contributed by atoms with van der Waals surface area (Å²) >= 11 is 3.38. The molecular weight excluding hydrogens is 496 g/mol. The Morgan fingerprint density at radius 2 is 1.82 bits per heavy atom. The van der Waals surface area contributed by atoms with Gasteiger partial charge in [-0.2, -0.15) is 4.98 Å². The molecule has 174 valence electrons. The highest BCUT2D eigenvalue weighted by molar-refractivity contribution is 9.10. The summed E-state index contributed by atoms with van der Waals surface area (Å²) in [6.45, 7) is 7.36. The van der Waals surface area contributed by atoms with Gasteiger partial charge in [-0.3, -0.25) is 9.36 Å². The van der Waals surface area contributed by atoms with Crippen molar-refractivity contribution < 1.29 is 9.84 Å². The maximum Gasteiger partial charge on any atom is 0.276 e. The molecule has 4 aromatic rings. The van der Waals surface area contributed by atoms with E-state index in [0.29, 0.717) is 29.6 Å². The van der Waals surface area contributed by atoms with Crippen LogP contribution in [0.5, 0.6) is 5.88 Å². The smallest absolute Gasteiger partial charge is 0.276 e. The lowest BCUT2D eigenvalue weighted by atomic mass is 10.1. The van der Waals surface area contributed by atoms with Crippen molar-refractivity contribution in [2.45, 2.75) is 39.9 Å². The zero-order valence-corrected chi connectivity index (χ0v) is 21.0. The monoisotopic (exact) mass is 520 g/mol. The molecule has 8 heteroatoms. The van der Waals surface area contributed by atoms with Crippen molar-refractivity contribution in [1.29, 1.82) is 0 Å². The predicted molar refractivity (Wildman–Crippen MR) is 134 cm³/mol. The molecule has 0 radical (unpaired) electrons. The highest BCUT2D eigenvalue weighted by Crippen LogP contribution is 2.25. The van der Waals surface area contributed by atoms with E-state index < -0.39 is 5.60 Å². The standard InChI is InChI=1S/C26H25BrN4O3/c1-16-7-5-8-18(13-16)15-34-23-22(27)24(32)31(17(2)29-23)20-10-6-9-19(14-20)21-11-12-28-25(30-21)26(3,4)33/h5-14,33H,15H2,1-4H3. The van der Waals surface area contributed by atoms with Crippen LogP contribution in [-0.2, 0) is 12.2 Å². The van der Waals surface area contributed by atoms with E-state index >= 15 is 0 Å². The van der Waals surface area contributed by atoms with Crippen LogP contribution in [0.4, 0.5) is 0 Å². The van der Waals surface area contributed by atoms with Crippen LogP contribution in [0.2, 0.25) is 0 Å². The molecule has 0 spiro atoms. The number of halogens is 1. The van der Waals surface area contributed by atoms with Crippen molar-refractivity contribution in [2.24, 2.45) is 0 Å². The Morgan fingerprint density at radius 1 is 1.06 bits per heavy atom. The molecule has 2 heterocycles. The SMILES string of the molecule is Cc1cccc(COc2nc(C)n(-c3cccc(-c4ccnc(C(C)(C)O)n4)c3)c(=O)c2Br)c1. The second-order valence-electron chi connectivity index (χ2n) is 8.57. The fourth-order valence-corrected chi connectivity index (χ4v) is 3.93. The number of aromatic nitrogens is 4.